The SMILES string of the molecule is Cc1nn(C)c(C)c1NCc1c(F)cccc1F. The Bertz CT molecular complexity index is 556. The highest BCUT2D eigenvalue weighted by atomic mass is 19.1. The zero-order chi connectivity index (χ0) is 13.3. The van der Waals surface area contributed by atoms with Crippen molar-refractivity contribution in [3.63, 3.8) is 0 Å². The van der Waals surface area contributed by atoms with Crippen molar-refractivity contribution in [3.8, 4) is 0 Å². The number of aryl methyl sites for hydroxylation is 2. The van der Waals surface area contributed by atoms with E-state index in [9.17, 15) is 8.78 Å². The van der Waals surface area contributed by atoms with Gasteiger partial charge in [0.15, 0.2) is 0 Å². The van der Waals surface area contributed by atoms with Crippen molar-refractivity contribution in [3.05, 3.63) is 46.8 Å². The smallest absolute Gasteiger partial charge is 0.131 e. The van der Waals surface area contributed by atoms with Crippen LogP contribution in [0.1, 0.15) is 17.0 Å². The van der Waals surface area contributed by atoms with Gasteiger partial charge in [-0.2, -0.15) is 5.10 Å². The quantitative estimate of drug-likeness (QED) is 0.909. The van der Waals surface area contributed by atoms with Crippen LogP contribution in [0, 0.1) is 25.5 Å². The highest BCUT2D eigenvalue weighted by Crippen LogP contribution is 2.20. The molecule has 0 amide bonds. The third-order valence-corrected chi connectivity index (χ3v) is 3.01. The first-order valence-corrected chi connectivity index (χ1v) is 5.67. The minimum Gasteiger partial charge on any atom is -0.378 e. The number of nitrogens with zero attached hydrogens (tertiary/aromatic N) is 2. The molecule has 1 N–H and O–H groups in total. The molecule has 0 unspecified atom stereocenters. The summed E-state index contributed by atoms with van der Waals surface area (Å²) in [5.41, 5.74) is 2.61. The molecule has 0 spiro atoms. The van der Waals surface area contributed by atoms with Gasteiger partial charge in [-0.3, -0.25) is 4.68 Å². The molecule has 0 saturated carbocycles. The Labute approximate surface area is 104 Å². The third-order valence-electron chi connectivity index (χ3n) is 3.01. The van der Waals surface area contributed by atoms with Gasteiger partial charge in [0.1, 0.15) is 11.6 Å². The third kappa shape index (κ3) is 2.20. The molecule has 2 rings (SSSR count). The Morgan fingerprint density at radius 1 is 1.22 bits per heavy atom. The van der Waals surface area contributed by atoms with Gasteiger partial charge in [-0.1, -0.05) is 6.07 Å². The van der Waals surface area contributed by atoms with E-state index in [1.165, 1.54) is 18.2 Å². The molecule has 0 atom stereocenters. The van der Waals surface area contributed by atoms with Crippen LogP contribution in [0.2, 0.25) is 0 Å². The van der Waals surface area contributed by atoms with Gasteiger partial charge >= 0.3 is 0 Å². The predicted octanol–water partition coefficient (Wildman–Crippen LogP) is 2.93. The van der Waals surface area contributed by atoms with Crippen molar-refractivity contribution in [1.82, 2.24) is 9.78 Å². The highest BCUT2D eigenvalue weighted by molar-refractivity contribution is 5.52. The summed E-state index contributed by atoms with van der Waals surface area (Å²) < 4.78 is 28.6. The largest absolute Gasteiger partial charge is 0.378 e. The number of hydrogen-bond acceptors (Lipinski definition) is 2. The number of hydrogen-bond donors (Lipinski definition) is 1. The zero-order valence-corrected chi connectivity index (χ0v) is 10.6. The van der Waals surface area contributed by atoms with Gasteiger partial charge in [-0.05, 0) is 26.0 Å². The molecule has 0 bridgehead atoms. The van der Waals surface area contributed by atoms with Crippen LogP contribution in [0.15, 0.2) is 18.2 Å². The maximum atomic E-state index is 13.5. The first-order valence-electron chi connectivity index (χ1n) is 5.67. The molecular weight excluding hydrogens is 236 g/mol. The fraction of sp³-hybridized carbons (Fsp3) is 0.308. The minimum absolute atomic E-state index is 0.0418. The van der Waals surface area contributed by atoms with Crippen molar-refractivity contribution in [2.24, 2.45) is 7.05 Å². The van der Waals surface area contributed by atoms with Gasteiger partial charge in [0, 0.05) is 19.2 Å². The maximum Gasteiger partial charge on any atom is 0.131 e. The van der Waals surface area contributed by atoms with E-state index in [1.807, 2.05) is 20.9 Å². The molecule has 2 aromatic rings. The molecule has 3 nitrogen and oxygen atoms in total. The molecule has 1 aromatic heterocycles. The first kappa shape index (κ1) is 12.5. The maximum absolute atomic E-state index is 13.5. The van der Waals surface area contributed by atoms with Crippen LogP contribution in [0.4, 0.5) is 14.5 Å². The molecule has 0 fully saturated rings. The Balaban J connectivity index is 2.22. The predicted molar refractivity (Wildman–Crippen MR) is 66.4 cm³/mol. The van der Waals surface area contributed by atoms with Crippen LogP contribution in [-0.2, 0) is 13.6 Å². The number of anilines is 1. The van der Waals surface area contributed by atoms with Gasteiger partial charge in [0.2, 0.25) is 0 Å². The summed E-state index contributed by atoms with van der Waals surface area (Å²) in [6.45, 7) is 3.86. The van der Waals surface area contributed by atoms with Gasteiger partial charge < -0.3 is 5.32 Å². The molecule has 1 aromatic carbocycles. The monoisotopic (exact) mass is 251 g/mol. The van der Waals surface area contributed by atoms with Crippen molar-refractivity contribution in [2.45, 2.75) is 20.4 Å². The van der Waals surface area contributed by atoms with Crippen LogP contribution >= 0.6 is 0 Å². The lowest BCUT2D eigenvalue weighted by atomic mass is 10.2. The molecule has 0 aliphatic carbocycles. The van der Waals surface area contributed by atoms with Gasteiger partial charge in [0.25, 0.3) is 0 Å². The molecule has 0 radical (unpaired) electrons. The lowest BCUT2D eigenvalue weighted by molar-refractivity contribution is 0.560. The van der Waals surface area contributed by atoms with Crippen LogP contribution in [0.25, 0.3) is 0 Å². The Hall–Kier alpha value is -1.91. The molecule has 5 heteroatoms. The zero-order valence-electron chi connectivity index (χ0n) is 10.6. The fourth-order valence-corrected chi connectivity index (χ4v) is 1.91. The van der Waals surface area contributed by atoms with E-state index in [1.54, 1.807) is 4.68 Å². The number of nitrogens with one attached hydrogen (secondary N) is 1. The van der Waals surface area contributed by atoms with Crippen molar-refractivity contribution in [1.29, 1.82) is 0 Å². The summed E-state index contributed by atoms with van der Waals surface area (Å²) in [4.78, 5) is 0. The number of aromatic nitrogens is 2. The summed E-state index contributed by atoms with van der Waals surface area (Å²) in [5.74, 6) is -1.08. The van der Waals surface area contributed by atoms with Crippen LogP contribution < -0.4 is 5.32 Å². The average molecular weight is 251 g/mol. The molecule has 0 aliphatic heterocycles. The van der Waals surface area contributed by atoms with E-state index >= 15 is 0 Å². The second kappa shape index (κ2) is 4.76. The average Bonchev–Trinajstić information content (AvgIpc) is 2.54. The van der Waals surface area contributed by atoms with Gasteiger partial charge in [0.05, 0.1) is 17.1 Å². The molecule has 0 aliphatic rings. The topological polar surface area (TPSA) is 29.9 Å². The molecule has 18 heavy (non-hydrogen) atoms. The van der Waals surface area contributed by atoms with Crippen molar-refractivity contribution < 1.29 is 8.78 Å². The van der Waals surface area contributed by atoms with E-state index in [2.05, 4.69) is 10.4 Å². The van der Waals surface area contributed by atoms with E-state index in [0.29, 0.717) is 0 Å². The molecule has 0 saturated heterocycles. The molecular formula is C13H15F2N3. The van der Waals surface area contributed by atoms with E-state index in [0.717, 1.165) is 17.1 Å². The molecule has 1 heterocycles. The van der Waals surface area contributed by atoms with E-state index < -0.39 is 11.6 Å². The lowest BCUT2D eigenvalue weighted by Crippen LogP contribution is -2.06. The molecule has 96 valence electrons. The number of benzene rings is 1. The summed E-state index contributed by atoms with van der Waals surface area (Å²) in [6.07, 6.45) is 0. The van der Waals surface area contributed by atoms with Crippen molar-refractivity contribution in [2.75, 3.05) is 5.32 Å². The summed E-state index contributed by atoms with van der Waals surface area (Å²) in [5, 5.41) is 7.27. The van der Waals surface area contributed by atoms with Gasteiger partial charge in [-0.25, -0.2) is 8.78 Å². The number of rotatable bonds is 3. The van der Waals surface area contributed by atoms with Crippen LogP contribution in [0.5, 0.6) is 0 Å². The second-order valence-electron chi connectivity index (χ2n) is 4.22. The van der Waals surface area contributed by atoms with Crippen molar-refractivity contribution >= 4 is 5.69 Å². The van der Waals surface area contributed by atoms with E-state index in [4.69, 9.17) is 0 Å². The van der Waals surface area contributed by atoms with E-state index in [-0.39, 0.29) is 12.1 Å². The summed E-state index contributed by atoms with van der Waals surface area (Å²) >= 11 is 0. The van der Waals surface area contributed by atoms with Gasteiger partial charge in [-0.15, -0.1) is 0 Å². The number of halogens is 2. The minimum atomic E-state index is -0.540. The Morgan fingerprint density at radius 3 is 2.33 bits per heavy atom. The Morgan fingerprint density at radius 2 is 1.83 bits per heavy atom. The summed E-state index contributed by atoms with van der Waals surface area (Å²) in [6, 6.07) is 3.86. The summed E-state index contributed by atoms with van der Waals surface area (Å²) in [7, 11) is 1.83. The highest BCUT2D eigenvalue weighted by Gasteiger charge is 2.12. The second-order valence-corrected chi connectivity index (χ2v) is 4.22. The standard InChI is InChI=1S/C13H15F2N3/c1-8-13(9(2)18(3)17-8)16-7-10-11(14)5-4-6-12(10)15/h4-6,16H,7H2,1-3H3. The van der Waals surface area contributed by atoms with Crippen LogP contribution in [0.3, 0.4) is 0 Å². The van der Waals surface area contributed by atoms with Crippen LogP contribution in [-0.4, -0.2) is 9.78 Å². The fourth-order valence-electron chi connectivity index (χ4n) is 1.91. The lowest BCUT2D eigenvalue weighted by Gasteiger charge is -2.08. The normalized spacial score (nSPS) is 10.7. The first-order chi connectivity index (χ1) is 8.50. The Kier molecular flexibility index (Phi) is 3.32.